The van der Waals surface area contributed by atoms with E-state index in [0.717, 1.165) is 49.0 Å². The number of piperazine rings is 1. The first-order valence-electron chi connectivity index (χ1n) is 9.20. The molecule has 0 aromatic carbocycles. The lowest BCUT2D eigenvalue weighted by Gasteiger charge is -2.35. The van der Waals surface area contributed by atoms with Gasteiger partial charge >= 0.3 is 0 Å². The van der Waals surface area contributed by atoms with Crippen LogP contribution < -0.4 is 4.90 Å². The normalized spacial score (nSPS) is 18.7. The van der Waals surface area contributed by atoms with Gasteiger partial charge in [0.2, 0.25) is 5.91 Å². The highest BCUT2D eigenvalue weighted by Crippen LogP contribution is 2.28. The van der Waals surface area contributed by atoms with Crippen molar-refractivity contribution in [3.8, 4) is 10.6 Å². The van der Waals surface area contributed by atoms with Crippen LogP contribution in [0, 0.1) is 5.92 Å². The summed E-state index contributed by atoms with van der Waals surface area (Å²) in [5, 5.41) is 10.8. The second-order valence-electron chi connectivity index (χ2n) is 6.98. The summed E-state index contributed by atoms with van der Waals surface area (Å²) >= 11 is 1.67. The van der Waals surface area contributed by atoms with E-state index in [1.807, 2.05) is 28.5 Å². The van der Waals surface area contributed by atoms with Crippen LogP contribution in [0.5, 0.6) is 0 Å². The Labute approximate surface area is 152 Å². The van der Waals surface area contributed by atoms with Crippen molar-refractivity contribution in [2.24, 2.45) is 5.92 Å². The number of rotatable bonds is 4. The Hall–Kier alpha value is -1.95. The fraction of sp³-hybridized carbons (Fsp3) is 0.526. The molecule has 1 saturated heterocycles. The molecule has 0 radical (unpaired) electrons. The first kappa shape index (κ1) is 16.5. The Balaban J connectivity index is 1.31. The lowest BCUT2D eigenvalue weighted by Crippen LogP contribution is -2.49. The summed E-state index contributed by atoms with van der Waals surface area (Å²) in [5.74, 6) is 1.87. The highest BCUT2D eigenvalue weighted by atomic mass is 32.1. The molecule has 2 aromatic heterocycles. The van der Waals surface area contributed by atoms with Crippen molar-refractivity contribution in [2.45, 2.75) is 32.1 Å². The number of carbonyl (C=O) groups is 1. The maximum atomic E-state index is 12.5. The molecule has 2 aromatic rings. The summed E-state index contributed by atoms with van der Waals surface area (Å²) in [6.07, 6.45) is 5.81. The third kappa shape index (κ3) is 3.84. The molecule has 132 valence electrons. The first-order valence-corrected chi connectivity index (χ1v) is 10.1. The summed E-state index contributed by atoms with van der Waals surface area (Å²) in [4.78, 5) is 17.9. The minimum atomic E-state index is 0.339. The molecule has 6 heteroatoms. The summed E-state index contributed by atoms with van der Waals surface area (Å²) in [7, 11) is 0. The van der Waals surface area contributed by atoms with Crippen molar-refractivity contribution >= 4 is 23.1 Å². The van der Waals surface area contributed by atoms with Gasteiger partial charge in [0.15, 0.2) is 5.82 Å². The third-order valence-corrected chi connectivity index (χ3v) is 6.21. The van der Waals surface area contributed by atoms with Crippen molar-refractivity contribution in [3.05, 3.63) is 29.6 Å². The van der Waals surface area contributed by atoms with Crippen molar-refractivity contribution in [1.29, 1.82) is 0 Å². The van der Waals surface area contributed by atoms with Crippen LogP contribution in [0.1, 0.15) is 32.1 Å². The van der Waals surface area contributed by atoms with Gasteiger partial charge in [0.05, 0.1) is 4.88 Å². The van der Waals surface area contributed by atoms with E-state index < -0.39 is 0 Å². The molecule has 3 heterocycles. The van der Waals surface area contributed by atoms with E-state index in [1.165, 1.54) is 25.7 Å². The van der Waals surface area contributed by atoms with Crippen LogP contribution in [0.25, 0.3) is 10.6 Å². The fourth-order valence-corrected chi connectivity index (χ4v) is 4.52. The van der Waals surface area contributed by atoms with E-state index in [9.17, 15) is 4.79 Å². The number of aromatic nitrogens is 2. The van der Waals surface area contributed by atoms with Gasteiger partial charge < -0.3 is 9.80 Å². The predicted octanol–water partition coefficient (Wildman–Crippen LogP) is 3.43. The zero-order valence-corrected chi connectivity index (χ0v) is 15.2. The molecule has 1 amide bonds. The molecule has 2 fully saturated rings. The molecule has 25 heavy (non-hydrogen) atoms. The van der Waals surface area contributed by atoms with Crippen LogP contribution >= 0.6 is 11.3 Å². The number of nitrogens with zero attached hydrogens (tertiary/aromatic N) is 4. The highest BCUT2D eigenvalue weighted by Gasteiger charge is 2.25. The van der Waals surface area contributed by atoms with Crippen molar-refractivity contribution in [2.75, 3.05) is 31.1 Å². The quantitative estimate of drug-likeness (QED) is 0.842. The zero-order chi connectivity index (χ0) is 17.1. The second-order valence-corrected chi connectivity index (χ2v) is 7.92. The SMILES string of the molecule is O=C(CC1CCCC1)N1CCN(c2ccc(-c3cccs3)nn2)CC1. The summed E-state index contributed by atoms with van der Waals surface area (Å²) in [5.41, 5.74) is 0.920. The molecule has 1 aliphatic heterocycles. The Kier molecular flexibility index (Phi) is 4.97. The maximum Gasteiger partial charge on any atom is 0.222 e. The number of amides is 1. The predicted molar refractivity (Wildman–Crippen MR) is 101 cm³/mol. The van der Waals surface area contributed by atoms with Crippen LogP contribution in [-0.4, -0.2) is 47.2 Å². The molecular formula is C19H24N4OS. The van der Waals surface area contributed by atoms with Crippen molar-refractivity contribution in [3.63, 3.8) is 0 Å². The van der Waals surface area contributed by atoms with Gasteiger partial charge in [0.25, 0.3) is 0 Å². The number of thiophene rings is 1. The van der Waals surface area contributed by atoms with E-state index in [0.29, 0.717) is 11.8 Å². The monoisotopic (exact) mass is 356 g/mol. The standard InChI is InChI=1S/C19H24N4OS/c24-19(14-15-4-1-2-5-15)23-11-9-22(10-12-23)18-8-7-16(20-21-18)17-6-3-13-25-17/h3,6-8,13,15H,1-2,4-5,9-12,14H2. The van der Waals surface area contributed by atoms with E-state index in [1.54, 1.807) is 11.3 Å². The van der Waals surface area contributed by atoms with Crippen LogP contribution in [-0.2, 0) is 4.79 Å². The molecule has 0 spiro atoms. The minimum absolute atomic E-state index is 0.339. The Morgan fingerprint density at radius 1 is 1.08 bits per heavy atom. The number of anilines is 1. The van der Waals surface area contributed by atoms with E-state index in [4.69, 9.17) is 0 Å². The highest BCUT2D eigenvalue weighted by molar-refractivity contribution is 7.13. The zero-order valence-electron chi connectivity index (χ0n) is 14.4. The summed E-state index contributed by atoms with van der Waals surface area (Å²) in [6.45, 7) is 3.26. The second kappa shape index (κ2) is 7.52. The maximum absolute atomic E-state index is 12.5. The molecule has 4 rings (SSSR count). The molecule has 5 nitrogen and oxygen atoms in total. The topological polar surface area (TPSA) is 49.3 Å². The van der Waals surface area contributed by atoms with Gasteiger partial charge in [0.1, 0.15) is 5.69 Å². The average Bonchev–Trinajstić information content (AvgIpc) is 3.36. The summed E-state index contributed by atoms with van der Waals surface area (Å²) in [6, 6.07) is 8.16. The third-order valence-electron chi connectivity index (χ3n) is 5.32. The molecule has 0 N–H and O–H groups in total. The number of hydrogen-bond acceptors (Lipinski definition) is 5. The minimum Gasteiger partial charge on any atom is -0.352 e. The lowest BCUT2D eigenvalue weighted by molar-refractivity contribution is -0.132. The van der Waals surface area contributed by atoms with Gasteiger partial charge in [-0.1, -0.05) is 18.9 Å². The van der Waals surface area contributed by atoms with Crippen molar-refractivity contribution < 1.29 is 4.79 Å². The van der Waals surface area contributed by atoms with E-state index in [-0.39, 0.29) is 0 Å². The van der Waals surface area contributed by atoms with E-state index >= 15 is 0 Å². The van der Waals surface area contributed by atoms with Crippen LogP contribution in [0.4, 0.5) is 5.82 Å². The Morgan fingerprint density at radius 2 is 1.88 bits per heavy atom. The van der Waals surface area contributed by atoms with Gasteiger partial charge in [-0.3, -0.25) is 4.79 Å². The van der Waals surface area contributed by atoms with Crippen LogP contribution in [0.15, 0.2) is 29.6 Å². The van der Waals surface area contributed by atoms with Gasteiger partial charge in [-0.25, -0.2) is 0 Å². The number of carbonyl (C=O) groups excluding carboxylic acids is 1. The summed E-state index contributed by atoms with van der Waals surface area (Å²) < 4.78 is 0. The first-order chi connectivity index (χ1) is 12.3. The van der Waals surface area contributed by atoms with Crippen molar-refractivity contribution in [1.82, 2.24) is 15.1 Å². The van der Waals surface area contributed by atoms with E-state index in [2.05, 4.69) is 21.2 Å². The molecule has 1 saturated carbocycles. The van der Waals surface area contributed by atoms with Crippen LogP contribution in [0.2, 0.25) is 0 Å². The molecule has 0 atom stereocenters. The lowest BCUT2D eigenvalue weighted by atomic mass is 10.0. The molecule has 0 bridgehead atoms. The Morgan fingerprint density at radius 3 is 2.52 bits per heavy atom. The van der Waals surface area contributed by atoms with Gasteiger partial charge in [0, 0.05) is 32.6 Å². The molecular weight excluding hydrogens is 332 g/mol. The molecule has 1 aliphatic carbocycles. The average molecular weight is 356 g/mol. The van der Waals surface area contributed by atoms with Gasteiger partial charge in [-0.15, -0.1) is 21.5 Å². The Bertz CT molecular complexity index is 687. The molecule has 2 aliphatic rings. The number of hydrogen-bond donors (Lipinski definition) is 0. The fourth-order valence-electron chi connectivity index (χ4n) is 3.83. The molecule has 0 unspecified atom stereocenters. The van der Waals surface area contributed by atoms with Crippen LogP contribution in [0.3, 0.4) is 0 Å². The van der Waals surface area contributed by atoms with Gasteiger partial charge in [-0.2, -0.15) is 0 Å². The van der Waals surface area contributed by atoms with Gasteiger partial charge in [-0.05, 0) is 42.3 Å². The smallest absolute Gasteiger partial charge is 0.222 e. The largest absolute Gasteiger partial charge is 0.352 e.